The molecule has 1 aliphatic heterocycles. The summed E-state index contributed by atoms with van der Waals surface area (Å²) in [7, 11) is 0. The molecule has 2 fully saturated rings. The third kappa shape index (κ3) is 5.22. The number of carbonyl (C=O) groups excluding carboxylic acids is 1. The highest BCUT2D eigenvalue weighted by Crippen LogP contribution is 2.42. The molecule has 4 rings (SSSR count). The van der Waals surface area contributed by atoms with E-state index in [0.29, 0.717) is 30.3 Å². The molecule has 1 saturated carbocycles. The average Bonchev–Trinajstić information content (AvgIpc) is 3.00. The third-order valence-electron chi connectivity index (χ3n) is 6.30. The molecule has 0 spiro atoms. The van der Waals surface area contributed by atoms with E-state index < -0.39 is 17.7 Å². The fourth-order valence-electron chi connectivity index (χ4n) is 4.50. The molecule has 2 unspecified atom stereocenters. The quantitative estimate of drug-likeness (QED) is 0.691. The zero-order chi connectivity index (χ0) is 21.7. The van der Waals surface area contributed by atoms with Gasteiger partial charge in [-0.25, -0.2) is 8.78 Å². The molecule has 30 heavy (non-hydrogen) atoms. The Morgan fingerprint density at radius 1 is 1.23 bits per heavy atom. The lowest BCUT2D eigenvalue weighted by Gasteiger charge is -2.37. The highest BCUT2D eigenvalue weighted by atomic mass is 19.3. The van der Waals surface area contributed by atoms with Crippen LogP contribution in [-0.2, 0) is 0 Å². The monoisotopic (exact) mass is 420 g/mol. The molecule has 1 saturated heterocycles. The average molecular weight is 421 g/mol. The number of fused-ring (bicyclic) bond motifs is 1. The standard InChI is InChI=1S/C13H23F2N.C9H7N3O2/c1-10-9-11(6-7-13(10,14)15)12-5-3-2-4-8-16-12;10-9(14)8-7-5(1-3-12-8)11-4-2-6(7)13/h10-12,16H,2-9H2,1H3;1-4H,(H2,10,14)(H,11,13)/t10-,11?,12?;/m1./s1. The molecule has 2 aromatic heterocycles. The van der Waals surface area contributed by atoms with Crippen LogP contribution in [0.5, 0.6) is 0 Å². The van der Waals surface area contributed by atoms with E-state index in [1.165, 1.54) is 44.1 Å². The Balaban J connectivity index is 0.000000172. The number of halogens is 2. The van der Waals surface area contributed by atoms with E-state index in [2.05, 4.69) is 15.3 Å². The fraction of sp³-hybridized carbons (Fsp3) is 0.591. The number of alkyl halides is 2. The number of hydrogen-bond donors (Lipinski definition) is 3. The number of pyridine rings is 2. The van der Waals surface area contributed by atoms with Gasteiger partial charge in [0.2, 0.25) is 0 Å². The van der Waals surface area contributed by atoms with Crippen LogP contribution in [0.15, 0.2) is 29.3 Å². The van der Waals surface area contributed by atoms with E-state index in [4.69, 9.17) is 5.73 Å². The summed E-state index contributed by atoms with van der Waals surface area (Å²) in [6.07, 6.45) is 9.42. The first-order chi connectivity index (χ1) is 14.3. The predicted octanol–water partition coefficient (Wildman–Crippen LogP) is 3.61. The number of aromatic amines is 1. The number of carbonyl (C=O) groups is 1. The number of rotatable bonds is 2. The first-order valence-corrected chi connectivity index (χ1v) is 10.7. The fourth-order valence-corrected chi connectivity index (χ4v) is 4.50. The second-order valence-corrected chi connectivity index (χ2v) is 8.39. The number of nitrogens with zero attached hydrogens (tertiary/aromatic N) is 1. The molecule has 8 heteroatoms. The van der Waals surface area contributed by atoms with Gasteiger partial charge in [0.15, 0.2) is 5.43 Å². The maximum Gasteiger partial charge on any atom is 0.268 e. The summed E-state index contributed by atoms with van der Waals surface area (Å²) in [6.45, 7) is 2.79. The van der Waals surface area contributed by atoms with Crippen LogP contribution in [0, 0.1) is 11.8 Å². The molecule has 164 valence electrons. The van der Waals surface area contributed by atoms with Crippen LogP contribution in [0.2, 0.25) is 0 Å². The molecule has 3 atom stereocenters. The molecular formula is C22H30F2N4O2. The number of aromatic nitrogens is 2. The number of amides is 1. The Morgan fingerprint density at radius 3 is 2.77 bits per heavy atom. The van der Waals surface area contributed by atoms with Crippen LogP contribution < -0.4 is 16.5 Å². The van der Waals surface area contributed by atoms with Gasteiger partial charge in [-0.2, -0.15) is 0 Å². The van der Waals surface area contributed by atoms with Crippen molar-refractivity contribution in [2.75, 3.05) is 6.54 Å². The van der Waals surface area contributed by atoms with Crippen molar-refractivity contribution in [2.24, 2.45) is 17.6 Å². The Hall–Kier alpha value is -2.35. The maximum atomic E-state index is 13.4. The largest absolute Gasteiger partial charge is 0.364 e. The minimum atomic E-state index is -2.42. The van der Waals surface area contributed by atoms with Gasteiger partial charge >= 0.3 is 0 Å². The Morgan fingerprint density at radius 2 is 2.03 bits per heavy atom. The predicted molar refractivity (Wildman–Crippen MR) is 113 cm³/mol. The highest BCUT2D eigenvalue weighted by Gasteiger charge is 2.43. The lowest BCUT2D eigenvalue weighted by atomic mass is 9.75. The van der Waals surface area contributed by atoms with Gasteiger partial charge in [-0.1, -0.05) is 19.8 Å². The number of H-pyrrole nitrogens is 1. The number of nitrogens with two attached hydrogens (primary N) is 1. The van der Waals surface area contributed by atoms with Gasteiger partial charge in [-0.3, -0.25) is 14.6 Å². The minimum absolute atomic E-state index is 0.00403. The number of hydrogen-bond acceptors (Lipinski definition) is 4. The molecule has 4 N–H and O–H groups in total. The van der Waals surface area contributed by atoms with Crippen LogP contribution in [0.3, 0.4) is 0 Å². The first kappa shape index (κ1) is 22.3. The van der Waals surface area contributed by atoms with Crippen molar-refractivity contribution in [1.82, 2.24) is 15.3 Å². The smallest absolute Gasteiger partial charge is 0.268 e. The van der Waals surface area contributed by atoms with E-state index in [1.807, 2.05) is 0 Å². The molecule has 6 nitrogen and oxygen atoms in total. The third-order valence-corrected chi connectivity index (χ3v) is 6.30. The second-order valence-electron chi connectivity index (χ2n) is 8.39. The molecule has 2 aliphatic rings. The summed E-state index contributed by atoms with van der Waals surface area (Å²) in [5.41, 5.74) is 5.39. The lowest BCUT2D eigenvalue weighted by Crippen LogP contribution is -2.42. The van der Waals surface area contributed by atoms with Crippen molar-refractivity contribution in [2.45, 2.75) is 63.8 Å². The van der Waals surface area contributed by atoms with Crippen molar-refractivity contribution in [3.05, 3.63) is 40.4 Å². The zero-order valence-corrected chi connectivity index (χ0v) is 17.3. The molecule has 1 aliphatic carbocycles. The van der Waals surface area contributed by atoms with E-state index in [9.17, 15) is 18.4 Å². The van der Waals surface area contributed by atoms with Crippen LogP contribution in [0.1, 0.15) is 62.4 Å². The number of nitrogens with one attached hydrogen (secondary N) is 2. The molecule has 1 amide bonds. The second kappa shape index (κ2) is 9.64. The Labute approximate surface area is 174 Å². The summed E-state index contributed by atoms with van der Waals surface area (Å²) >= 11 is 0. The van der Waals surface area contributed by atoms with Gasteiger partial charge in [0.1, 0.15) is 5.69 Å². The highest BCUT2D eigenvalue weighted by molar-refractivity contribution is 6.03. The van der Waals surface area contributed by atoms with Crippen LogP contribution in [-0.4, -0.2) is 34.4 Å². The van der Waals surface area contributed by atoms with Crippen molar-refractivity contribution >= 4 is 16.8 Å². The number of primary amides is 1. The normalized spacial score (nSPS) is 26.3. The molecule has 0 aromatic carbocycles. The molecular weight excluding hydrogens is 390 g/mol. The van der Waals surface area contributed by atoms with Gasteiger partial charge in [0.05, 0.1) is 10.9 Å². The van der Waals surface area contributed by atoms with Crippen molar-refractivity contribution < 1.29 is 13.6 Å². The van der Waals surface area contributed by atoms with Crippen molar-refractivity contribution in [3.8, 4) is 0 Å². The van der Waals surface area contributed by atoms with E-state index in [-0.39, 0.29) is 22.9 Å². The molecule has 2 aromatic rings. The Kier molecular flexibility index (Phi) is 7.18. The summed E-state index contributed by atoms with van der Waals surface area (Å²) in [5.74, 6) is -3.07. The van der Waals surface area contributed by atoms with Gasteiger partial charge in [0, 0.05) is 36.8 Å². The summed E-state index contributed by atoms with van der Waals surface area (Å²) in [5, 5.41) is 3.79. The van der Waals surface area contributed by atoms with Gasteiger partial charge in [-0.05, 0) is 44.2 Å². The zero-order valence-electron chi connectivity index (χ0n) is 17.3. The van der Waals surface area contributed by atoms with Crippen LogP contribution in [0.25, 0.3) is 10.9 Å². The lowest BCUT2D eigenvalue weighted by molar-refractivity contribution is -0.0942. The van der Waals surface area contributed by atoms with E-state index >= 15 is 0 Å². The Bertz CT molecular complexity index is 917. The van der Waals surface area contributed by atoms with Gasteiger partial charge in [0.25, 0.3) is 11.8 Å². The van der Waals surface area contributed by atoms with Crippen molar-refractivity contribution in [3.63, 3.8) is 0 Å². The molecule has 0 bridgehead atoms. The maximum absolute atomic E-state index is 13.4. The SMILES string of the molecule is C[C@@H]1CC(C2CCCCCN2)CCC1(F)F.NC(=O)c1nccc2[nH]ccc(=O)c12. The molecule has 3 heterocycles. The first-order valence-electron chi connectivity index (χ1n) is 10.7. The summed E-state index contributed by atoms with van der Waals surface area (Å²) < 4.78 is 26.8. The topological polar surface area (TPSA) is 101 Å². The van der Waals surface area contributed by atoms with E-state index in [1.54, 1.807) is 13.0 Å². The minimum Gasteiger partial charge on any atom is -0.364 e. The molecule has 0 radical (unpaired) electrons. The summed E-state index contributed by atoms with van der Waals surface area (Å²) in [4.78, 5) is 29.0. The summed E-state index contributed by atoms with van der Waals surface area (Å²) in [6, 6.07) is 3.45. The van der Waals surface area contributed by atoms with Gasteiger partial charge in [-0.15, -0.1) is 0 Å². The van der Waals surface area contributed by atoms with Gasteiger partial charge < -0.3 is 16.0 Å². The van der Waals surface area contributed by atoms with Crippen LogP contribution >= 0.6 is 0 Å². The van der Waals surface area contributed by atoms with E-state index in [0.717, 1.165) is 6.54 Å². The van der Waals surface area contributed by atoms with Crippen LogP contribution in [0.4, 0.5) is 8.78 Å². The van der Waals surface area contributed by atoms with Crippen molar-refractivity contribution in [1.29, 1.82) is 0 Å².